The number of aromatic nitrogens is 3. The SMILES string of the molecule is O=C(C1CCCCc2n[nH]c(=O)n21)N1CCN(CCOc2ccc(Cl)cc2)CC1. The van der Waals surface area contributed by atoms with Gasteiger partial charge in [0.1, 0.15) is 24.2 Å². The van der Waals surface area contributed by atoms with Crippen LogP contribution in [0.3, 0.4) is 0 Å². The van der Waals surface area contributed by atoms with Gasteiger partial charge in [-0.2, -0.15) is 5.10 Å². The Morgan fingerprint density at radius 2 is 1.93 bits per heavy atom. The van der Waals surface area contributed by atoms with E-state index in [1.54, 1.807) is 4.57 Å². The fourth-order valence-electron chi connectivity index (χ4n) is 4.04. The van der Waals surface area contributed by atoms with Gasteiger partial charge in [-0.25, -0.2) is 9.89 Å². The van der Waals surface area contributed by atoms with Crippen LogP contribution >= 0.6 is 11.6 Å². The molecule has 1 atom stereocenters. The highest BCUT2D eigenvalue weighted by Crippen LogP contribution is 2.23. The van der Waals surface area contributed by atoms with E-state index in [4.69, 9.17) is 16.3 Å². The monoisotopic (exact) mass is 419 g/mol. The van der Waals surface area contributed by atoms with Gasteiger partial charge in [0.25, 0.3) is 0 Å². The van der Waals surface area contributed by atoms with E-state index in [1.165, 1.54) is 0 Å². The van der Waals surface area contributed by atoms with Crippen molar-refractivity contribution in [2.75, 3.05) is 39.3 Å². The second kappa shape index (κ2) is 9.00. The highest BCUT2D eigenvalue weighted by molar-refractivity contribution is 6.30. The van der Waals surface area contributed by atoms with E-state index >= 15 is 0 Å². The Morgan fingerprint density at radius 3 is 2.69 bits per heavy atom. The third kappa shape index (κ3) is 4.64. The second-order valence-electron chi connectivity index (χ2n) is 7.55. The molecule has 29 heavy (non-hydrogen) atoms. The van der Waals surface area contributed by atoms with Gasteiger partial charge >= 0.3 is 5.69 Å². The van der Waals surface area contributed by atoms with Crippen LogP contribution in [0.2, 0.25) is 5.02 Å². The number of aromatic amines is 1. The zero-order valence-corrected chi connectivity index (χ0v) is 17.1. The number of aryl methyl sites for hydroxylation is 1. The first-order valence-corrected chi connectivity index (χ1v) is 10.5. The topological polar surface area (TPSA) is 83.5 Å². The Morgan fingerprint density at radius 1 is 1.17 bits per heavy atom. The van der Waals surface area contributed by atoms with E-state index in [9.17, 15) is 9.59 Å². The van der Waals surface area contributed by atoms with Crippen molar-refractivity contribution in [3.05, 3.63) is 45.6 Å². The number of carbonyl (C=O) groups excluding carboxylic acids is 1. The lowest BCUT2D eigenvalue weighted by molar-refractivity contribution is -0.137. The van der Waals surface area contributed by atoms with Gasteiger partial charge in [0.15, 0.2) is 0 Å². The minimum Gasteiger partial charge on any atom is -0.492 e. The van der Waals surface area contributed by atoms with Crippen molar-refractivity contribution >= 4 is 17.5 Å². The van der Waals surface area contributed by atoms with Crippen molar-refractivity contribution in [3.8, 4) is 5.75 Å². The molecule has 4 rings (SSSR count). The Balaban J connectivity index is 1.28. The number of H-pyrrole nitrogens is 1. The van der Waals surface area contributed by atoms with Crippen LogP contribution in [0.25, 0.3) is 0 Å². The number of carbonyl (C=O) groups is 1. The largest absolute Gasteiger partial charge is 0.492 e. The summed E-state index contributed by atoms with van der Waals surface area (Å²) in [4.78, 5) is 29.5. The first kappa shape index (κ1) is 20.0. The van der Waals surface area contributed by atoms with Crippen molar-refractivity contribution in [2.24, 2.45) is 0 Å². The third-order valence-corrected chi connectivity index (χ3v) is 5.93. The molecule has 0 spiro atoms. The molecule has 1 aromatic heterocycles. The number of piperazine rings is 1. The Kier molecular flexibility index (Phi) is 6.20. The molecule has 1 fully saturated rings. The van der Waals surface area contributed by atoms with Crippen LogP contribution in [-0.2, 0) is 11.2 Å². The normalized spacial score (nSPS) is 20.2. The van der Waals surface area contributed by atoms with Crippen molar-refractivity contribution in [2.45, 2.75) is 31.7 Å². The maximum atomic E-state index is 13.1. The average molecular weight is 420 g/mol. The van der Waals surface area contributed by atoms with Crippen LogP contribution in [0.15, 0.2) is 29.1 Å². The van der Waals surface area contributed by atoms with Gasteiger partial charge in [0.05, 0.1) is 0 Å². The molecule has 1 saturated heterocycles. The van der Waals surface area contributed by atoms with Gasteiger partial charge in [-0.05, 0) is 37.1 Å². The summed E-state index contributed by atoms with van der Waals surface area (Å²) >= 11 is 5.88. The van der Waals surface area contributed by atoms with Crippen LogP contribution in [0.4, 0.5) is 0 Å². The Hall–Kier alpha value is -2.32. The van der Waals surface area contributed by atoms with Crippen LogP contribution in [0.1, 0.15) is 31.1 Å². The Labute approximate surface area is 174 Å². The van der Waals surface area contributed by atoms with Crippen molar-refractivity contribution < 1.29 is 9.53 Å². The summed E-state index contributed by atoms with van der Waals surface area (Å²) in [7, 11) is 0. The van der Waals surface area contributed by atoms with Crippen LogP contribution in [-0.4, -0.2) is 69.8 Å². The van der Waals surface area contributed by atoms with Gasteiger partial charge < -0.3 is 9.64 Å². The summed E-state index contributed by atoms with van der Waals surface area (Å²) in [5.74, 6) is 1.54. The first-order valence-electron chi connectivity index (χ1n) is 10.2. The molecule has 0 saturated carbocycles. The molecular weight excluding hydrogens is 394 g/mol. The molecule has 1 unspecified atom stereocenters. The number of ether oxygens (including phenoxy) is 1. The van der Waals surface area contributed by atoms with Crippen molar-refractivity contribution in [3.63, 3.8) is 0 Å². The number of amides is 1. The number of halogens is 1. The highest BCUT2D eigenvalue weighted by Gasteiger charge is 2.32. The number of fused-ring (bicyclic) bond motifs is 1. The summed E-state index contributed by atoms with van der Waals surface area (Å²) in [6.45, 7) is 4.33. The third-order valence-electron chi connectivity index (χ3n) is 5.68. The van der Waals surface area contributed by atoms with Gasteiger partial charge in [-0.1, -0.05) is 18.0 Å². The molecule has 2 aliphatic heterocycles. The maximum absolute atomic E-state index is 13.1. The Bertz CT molecular complexity index is 886. The quantitative estimate of drug-likeness (QED) is 0.797. The average Bonchev–Trinajstić information content (AvgIpc) is 2.97. The fourth-order valence-corrected chi connectivity index (χ4v) is 4.17. The molecule has 3 heterocycles. The molecule has 0 radical (unpaired) electrons. The minimum atomic E-state index is -0.432. The molecule has 2 aromatic rings. The molecule has 2 aliphatic rings. The maximum Gasteiger partial charge on any atom is 0.344 e. The van der Waals surface area contributed by atoms with Gasteiger partial charge in [0.2, 0.25) is 5.91 Å². The van der Waals surface area contributed by atoms with E-state index in [2.05, 4.69) is 15.1 Å². The second-order valence-corrected chi connectivity index (χ2v) is 7.98. The number of benzene rings is 1. The van der Waals surface area contributed by atoms with Crippen molar-refractivity contribution in [1.82, 2.24) is 24.6 Å². The molecule has 9 heteroatoms. The molecular formula is C20H26ClN5O3. The molecule has 1 N–H and O–H groups in total. The van der Waals surface area contributed by atoms with E-state index in [0.717, 1.165) is 44.6 Å². The smallest absolute Gasteiger partial charge is 0.344 e. The van der Waals surface area contributed by atoms with E-state index in [0.29, 0.717) is 37.0 Å². The lowest BCUT2D eigenvalue weighted by Gasteiger charge is -2.36. The molecule has 156 valence electrons. The molecule has 0 bridgehead atoms. The number of rotatable bonds is 5. The molecule has 1 aromatic carbocycles. The lowest BCUT2D eigenvalue weighted by Crippen LogP contribution is -2.51. The fraction of sp³-hybridized carbons (Fsp3) is 0.550. The summed E-state index contributed by atoms with van der Waals surface area (Å²) < 4.78 is 7.33. The standard InChI is InChI=1S/C20H26ClN5O3/c21-15-5-7-16(8-6-15)29-14-13-24-9-11-25(12-10-24)19(27)17-3-1-2-4-18-22-23-20(28)26(17)18/h5-8,17H,1-4,9-14H2,(H,23,28). The van der Waals surface area contributed by atoms with Crippen LogP contribution in [0, 0.1) is 0 Å². The molecule has 1 amide bonds. The van der Waals surface area contributed by atoms with Gasteiger partial charge in [-0.15, -0.1) is 0 Å². The number of nitrogens with one attached hydrogen (secondary N) is 1. The molecule has 8 nitrogen and oxygen atoms in total. The van der Waals surface area contributed by atoms with E-state index in [-0.39, 0.29) is 11.6 Å². The zero-order chi connectivity index (χ0) is 20.2. The predicted octanol–water partition coefficient (Wildman–Crippen LogP) is 1.72. The van der Waals surface area contributed by atoms with E-state index < -0.39 is 6.04 Å². The summed E-state index contributed by atoms with van der Waals surface area (Å²) in [5.41, 5.74) is -0.279. The van der Waals surface area contributed by atoms with Gasteiger partial charge in [0, 0.05) is 44.2 Å². The first-order chi connectivity index (χ1) is 14.1. The van der Waals surface area contributed by atoms with Crippen molar-refractivity contribution in [1.29, 1.82) is 0 Å². The lowest BCUT2D eigenvalue weighted by atomic mass is 10.1. The van der Waals surface area contributed by atoms with Crippen LogP contribution in [0.5, 0.6) is 5.75 Å². The summed E-state index contributed by atoms with van der Waals surface area (Å²) in [6, 6.07) is 6.91. The van der Waals surface area contributed by atoms with E-state index in [1.807, 2.05) is 29.2 Å². The number of hydrogen-bond donors (Lipinski definition) is 1. The summed E-state index contributed by atoms with van der Waals surface area (Å²) in [6.07, 6.45) is 3.32. The van der Waals surface area contributed by atoms with Crippen LogP contribution < -0.4 is 10.4 Å². The zero-order valence-electron chi connectivity index (χ0n) is 16.3. The molecule has 0 aliphatic carbocycles. The number of hydrogen-bond acceptors (Lipinski definition) is 5. The highest BCUT2D eigenvalue weighted by atomic mass is 35.5. The predicted molar refractivity (Wildman–Crippen MR) is 109 cm³/mol. The summed E-state index contributed by atoms with van der Waals surface area (Å²) in [5, 5.41) is 7.28. The number of nitrogens with zero attached hydrogens (tertiary/aromatic N) is 4. The minimum absolute atomic E-state index is 0.0358. The van der Waals surface area contributed by atoms with Gasteiger partial charge in [-0.3, -0.25) is 14.3 Å².